The number of aryl methyl sites for hydroxylation is 1. The lowest BCUT2D eigenvalue weighted by atomic mass is 10.0. The third-order valence-electron chi connectivity index (χ3n) is 4.39. The van der Waals surface area contributed by atoms with Crippen molar-refractivity contribution in [2.24, 2.45) is 0 Å². The van der Waals surface area contributed by atoms with Crippen LogP contribution in [0.3, 0.4) is 0 Å². The molecule has 5 nitrogen and oxygen atoms in total. The van der Waals surface area contributed by atoms with Gasteiger partial charge in [-0.3, -0.25) is 9.78 Å². The molecular formula is C19H24N4OS. The summed E-state index contributed by atoms with van der Waals surface area (Å²) in [6, 6.07) is 12.3. The summed E-state index contributed by atoms with van der Waals surface area (Å²) in [7, 11) is 0. The molecule has 2 atom stereocenters. The molecular weight excluding hydrogens is 332 g/mol. The standard InChI is InChI=1S/C19H24N4OS/c1-14-4-2-3-5-16(14)13-25-11-10-21-19(24)18-12-17(22-23-18)15-6-8-20-9-7-15/h2-9,17-18,22-23H,10-13H2,1H3,(H,21,24). The minimum absolute atomic E-state index is 0.0561. The molecule has 1 aromatic carbocycles. The van der Waals surface area contributed by atoms with Crippen LogP contribution in [0.5, 0.6) is 0 Å². The van der Waals surface area contributed by atoms with Crippen LogP contribution in [-0.2, 0) is 10.5 Å². The van der Waals surface area contributed by atoms with Gasteiger partial charge in [-0.1, -0.05) is 24.3 Å². The molecule has 1 fully saturated rings. The molecule has 0 aliphatic carbocycles. The van der Waals surface area contributed by atoms with Gasteiger partial charge in [0.2, 0.25) is 5.91 Å². The molecule has 0 spiro atoms. The lowest BCUT2D eigenvalue weighted by Gasteiger charge is -2.11. The fourth-order valence-electron chi connectivity index (χ4n) is 2.87. The number of nitrogens with zero attached hydrogens (tertiary/aromatic N) is 1. The predicted molar refractivity (Wildman–Crippen MR) is 102 cm³/mol. The van der Waals surface area contributed by atoms with E-state index in [4.69, 9.17) is 0 Å². The number of nitrogens with one attached hydrogen (secondary N) is 3. The molecule has 0 bridgehead atoms. The van der Waals surface area contributed by atoms with E-state index in [9.17, 15) is 4.79 Å². The second-order valence-corrected chi connectivity index (χ2v) is 7.29. The topological polar surface area (TPSA) is 66.0 Å². The van der Waals surface area contributed by atoms with Gasteiger partial charge < -0.3 is 5.32 Å². The smallest absolute Gasteiger partial charge is 0.238 e. The Morgan fingerprint density at radius 1 is 1.24 bits per heavy atom. The van der Waals surface area contributed by atoms with Gasteiger partial charge in [0.15, 0.2) is 0 Å². The van der Waals surface area contributed by atoms with Crippen molar-refractivity contribution in [1.29, 1.82) is 0 Å². The summed E-state index contributed by atoms with van der Waals surface area (Å²) in [4.78, 5) is 16.3. The number of hydrogen-bond acceptors (Lipinski definition) is 5. The largest absolute Gasteiger partial charge is 0.354 e. The van der Waals surface area contributed by atoms with Gasteiger partial charge in [-0.2, -0.15) is 11.8 Å². The zero-order chi connectivity index (χ0) is 17.5. The number of aromatic nitrogens is 1. The summed E-state index contributed by atoms with van der Waals surface area (Å²) in [5.41, 5.74) is 10.1. The van der Waals surface area contributed by atoms with Crippen LogP contribution >= 0.6 is 11.8 Å². The van der Waals surface area contributed by atoms with E-state index in [2.05, 4.69) is 52.3 Å². The van der Waals surface area contributed by atoms with E-state index in [1.54, 1.807) is 12.4 Å². The minimum Gasteiger partial charge on any atom is -0.354 e. The fraction of sp³-hybridized carbons (Fsp3) is 0.368. The third kappa shape index (κ3) is 5.04. The number of amides is 1. The zero-order valence-corrected chi connectivity index (χ0v) is 15.2. The first-order valence-corrected chi connectivity index (χ1v) is 9.70. The number of carbonyl (C=O) groups is 1. The van der Waals surface area contributed by atoms with Crippen LogP contribution in [0.2, 0.25) is 0 Å². The van der Waals surface area contributed by atoms with Crippen molar-refractivity contribution in [3.63, 3.8) is 0 Å². The first-order chi connectivity index (χ1) is 12.2. The van der Waals surface area contributed by atoms with E-state index in [1.807, 2.05) is 23.9 Å². The van der Waals surface area contributed by atoms with Crippen molar-refractivity contribution >= 4 is 17.7 Å². The number of thioether (sulfide) groups is 1. The molecule has 6 heteroatoms. The Morgan fingerprint density at radius 3 is 2.84 bits per heavy atom. The van der Waals surface area contributed by atoms with Crippen molar-refractivity contribution in [3.8, 4) is 0 Å². The van der Waals surface area contributed by atoms with Crippen LogP contribution < -0.4 is 16.2 Å². The second kappa shape index (κ2) is 8.99. The third-order valence-corrected chi connectivity index (χ3v) is 5.40. The number of pyridine rings is 1. The van der Waals surface area contributed by atoms with Crippen molar-refractivity contribution in [2.75, 3.05) is 12.3 Å². The molecule has 0 saturated carbocycles. The molecule has 1 aliphatic heterocycles. The van der Waals surface area contributed by atoms with Crippen LogP contribution in [0.1, 0.15) is 29.2 Å². The van der Waals surface area contributed by atoms with Gasteiger partial charge in [0.25, 0.3) is 0 Å². The molecule has 3 N–H and O–H groups in total. The molecule has 2 aromatic rings. The number of hydrazine groups is 1. The molecule has 2 heterocycles. The van der Waals surface area contributed by atoms with Crippen molar-refractivity contribution in [1.82, 2.24) is 21.2 Å². The van der Waals surface area contributed by atoms with Crippen molar-refractivity contribution < 1.29 is 4.79 Å². The number of rotatable bonds is 7. The summed E-state index contributed by atoms with van der Waals surface area (Å²) >= 11 is 1.84. The van der Waals surface area contributed by atoms with E-state index < -0.39 is 0 Å². The van der Waals surface area contributed by atoms with Crippen LogP contribution in [0.4, 0.5) is 0 Å². The number of hydrogen-bond donors (Lipinski definition) is 3. The zero-order valence-electron chi connectivity index (χ0n) is 14.4. The fourth-order valence-corrected chi connectivity index (χ4v) is 3.80. The van der Waals surface area contributed by atoms with Gasteiger partial charge in [-0.25, -0.2) is 10.9 Å². The Hall–Kier alpha value is -1.89. The Balaban J connectivity index is 1.35. The first kappa shape index (κ1) is 17.9. The molecule has 25 heavy (non-hydrogen) atoms. The highest BCUT2D eigenvalue weighted by Crippen LogP contribution is 2.21. The van der Waals surface area contributed by atoms with E-state index in [-0.39, 0.29) is 18.0 Å². The van der Waals surface area contributed by atoms with E-state index in [0.29, 0.717) is 6.54 Å². The van der Waals surface area contributed by atoms with Gasteiger partial charge >= 0.3 is 0 Å². The average Bonchev–Trinajstić information content (AvgIpc) is 3.14. The molecule has 2 unspecified atom stereocenters. The highest BCUT2D eigenvalue weighted by molar-refractivity contribution is 7.98. The van der Waals surface area contributed by atoms with Crippen LogP contribution in [0.15, 0.2) is 48.8 Å². The summed E-state index contributed by atoms with van der Waals surface area (Å²) < 4.78 is 0. The lowest BCUT2D eigenvalue weighted by molar-refractivity contribution is -0.122. The number of carbonyl (C=O) groups excluding carboxylic acids is 1. The van der Waals surface area contributed by atoms with Gasteiger partial charge in [-0.15, -0.1) is 0 Å². The van der Waals surface area contributed by atoms with Gasteiger partial charge in [-0.05, 0) is 42.2 Å². The Kier molecular flexibility index (Phi) is 6.44. The quantitative estimate of drug-likeness (QED) is 0.665. The minimum atomic E-state index is -0.195. The monoisotopic (exact) mass is 356 g/mol. The molecule has 1 aromatic heterocycles. The molecule has 3 rings (SSSR count). The first-order valence-electron chi connectivity index (χ1n) is 8.55. The maximum absolute atomic E-state index is 12.3. The number of benzene rings is 1. The van der Waals surface area contributed by atoms with E-state index in [0.717, 1.165) is 23.5 Å². The van der Waals surface area contributed by atoms with E-state index in [1.165, 1.54) is 11.1 Å². The summed E-state index contributed by atoms with van der Waals surface area (Å²) in [5.74, 6) is 1.95. The Bertz CT molecular complexity index is 695. The summed E-state index contributed by atoms with van der Waals surface area (Å²) in [6.45, 7) is 2.82. The molecule has 132 valence electrons. The maximum atomic E-state index is 12.3. The lowest BCUT2D eigenvalue weighted by Crippen LogP contribution is -2.43. The molecule has 1 saturated heterocycles. The van der Waals surface area contributed by atoms with Crippen molar-refractivity contribution in [3.05, 3.63) is 65.5 Å². The summed E-state index contributed by atoms with van der Waals surface area (Å²) in [5, 5.41) is 3.02. The Labute approximate surface area is 153 Å². The molecule has 1 aliphatic rings. The van der Waals surface area contributed by atoms with Crippen molar-refractivity contribution in [2.45, 2.75) is 31.2 Å². The second-order valence-electron chi connectivity index (χ2n) is 6.18. The van der Waals surface area contributed by atoms with Crippen LogP contribution in [0.25, 0.3) is 0 Å². The normalized spacial score (nSPS) is 19.7. The van der Waals surface area contributed by atoms with Gasteiger partial charge in [0.1, 0.15) is 6.04 Å². The highest BCUT2D eigenvalue weighted by atomic mass is 32.2. The predicted octanol–water partition coefficient (Wildman–Crippen LogP) is 2.35. The van der Waals surface area contributed by atoms with Gasteiger partial charge in [0.05, 0.1) is 0 Å². The Morgan fingerprint density at radius 2 is 2.04 bits per heavy atom. The molecule has 0 radical (unpaired) electrons. The maximum Gasteiger partial charge on any atom is 0.238 e. The SMILES string of the molecule is Cc1ccccc1CSCCNC(=O)C1CC(c2ccncc2)NN1. The van der Waals surface area contributed by atoms with Gasteiger partial charge in [0, 0.05) is 36.5 Å². The molecule has 1 amide bonds. The van der Waals surface area contributed by atoms with E-state index >= 15 is 0 Å². The van der Waals surface area contributed by atoms with Crippen LogP contribution in [-0.4, -0.2) is 29.2 Å². The average molecular weight is 356 g/mol. The van der Waals surface area contributed by atoms with Crippen LogP contribution in [0, 0.1) is 6.92 Å². The highest BCUT2D eigenvalue weighted by Gasteiger charge is 2.29. The summed E-state index contributed by atoms with van der Waals surface area (Å²) in [6.07, 6.45) is 4.29.